The minimum Gasteiger partial charge on any atom is -0.325 e. The van der Waals surface area contributed by atoms with Crippen molar-refractivity contribution in [2.45, 2.75) is 24.2 Å². The maximum absolute atomic E-state index is 12.0. The molecule has 1 aliphatic heterocycles. The first kappa shape index (κ1) is 13.5. The van der Waals surface area contributed by atoms with Crippen molar-refractivity contribution < 1.29 is 13.2 Å². The summed E-state index contributed by atoms with van der Waals surface area (Å²) in [5, 5.41) is 11.1. The average Bonchev–Trinajstić information content (AvgIpc) is 2.65. The van der Waals surface area contributed by atoms with Gasteiger partial charge in [0, 0.05) is 18.7 Å². The standard InChI is InChI=1S/C12H13N3O3S/c1-8-10-7-9(3-4-11(10)15-12(8)16)19(17,18)14-6-2-5-13/h3-4,7-8,14H,2,6H2,1H3,(H,15,16)/t8-/m0/s1. The second-order valence-electron chi connectivity index (χ2n) is 4.27. The molecule has 0 saturated heterocycles. The summed E-state index contributed by atoms with van der Waals surface area (Å²) in [6.07, 6.45) is 0.112. The van der Waals surface area contributed by atoms with E-state index < -0.39 is 10.0 Å². The number of sulfonamides is 1. The molecule has 0 aromatic heterocycles. The second kappa shape index (κ2) is 4.99. The van der Waals surface area contributed by atoms with E-state index in [0.29, 0.717) is 11.3 Å². The molecule has 7 heteroatoms. The number of nitriles is 1. The topological polar surface area (TPSA) is 99.1 Å². The predicted octanol–water partition coefficient (Wildman–Crippen LogP) is 0.934. The average molecular weight is 279 g/mol. The van der Waals surface area contributed by atoms with Gasteiger partial charge in [-0.15, -0.1) is 0 Å². The maximum Gasteiger partial charge on any atom is 0.240 e. The molecule has 0 spiro atoms. The van der Waals surface area contributed by atoms with E-state index in [-0.39, 0.29) is 29.7 Å². The van der Waals surface area contributed by atoms with Gasteiger partial charge >= 0.3 is 0 Å². The largest absolute Gasteiger partial charge is 0.325 e. The number of nitrogens with one attached hydrogen (secondary N) is 2. The molecule has 2 N–H and O–H groups in total. The zero-order valence-corrected chi connectivity index (χ0v) is 11.1. The van der Waals surface area contributed by atoms with E-state index in [0.717, 1.165) is 0 Å². The Labute approximate surface area is 111 Å². The zero-order chi connectivity index (χ0) is 14.0. The SMILES string of the molecule is C[C@@H]1C(=O)Nc2ccc(S(=O)(=O)NCCC#N)cc21. The second-order valence-corrected chi connectivity index (χ2v) is 6.03. The third-order valence-electron chi connectivity index (χ3n) is 2.98. The summed E-state index contributed by atoms with van der Waals surface area (Å²) in [7, 11) is -3.64. The normalized spacial score (nSPS) is 17.7. The molecular formula is C12H13N3O3S. The van der Waals surface area contributed by atoms with Gasteiger partial charge in [-0.2, -0.15) is 5.26 Å². The number of fused-ring (bicyclic) bond motifs is 1. The molecule has 1 amide bonds. The fraction of sp³-hybridized carbons (Fsp3) is 0.333. The molecule has 0 fully saturated rings. The quantitative estimate of drug-likeness (QED) is 0.801. The van der Waals surface area contributed by atoms with Crippen LogP contribution in [0.3, 0.4) is 0 Å². The van der Waals surface area contributed by atoms with Gasteiger partial charge in [0.25, 0.3) is 0 Å². The number of benzene rings is 1. The minimum atomic E-state index is -3.64. The van der Waals surface area contributed by atoms with Crippen LogP contribution >= 0.6 is 0 Å². The zero-order valence-electron chi connectivity index (χ0n) is 10.3. The highest BCUT2D eigenvalue weighted by molar-refractivity contribution is 7.89. The fourth-order valence-electron chi connectivity index (χ4n) is 1.89. The fourth-order valence-corrected chi connectivity index (χ4v) is 2.95. The Morgan fingerprint density at radius 2 is 2.21 bits per heavy atom. The number of carbonyl (C=O) groups excluding carboxylic acids is 1. The van der Waals surface area contributed by atoms with Crippen molar-refractivity contribution in [3.63, 3.8) is 0 Å². The number of carbonyl (C=O) groups is 1. The minimum absolute atomic E-state index is 0.0721. The van der Waals surface area contributed by atoms with Gasteiger partial charge in [0.1, 0.15) is 0 Å². The molecule has 100 valence electrons. The molecule has 0 radical (unpaired) electrons. The van der Waals surface area contributed by atoms with Gasteiger partial charge < -0.3 is 5.32 Å². The Balaban J connectivity index is 2.29. The Morgan fingerprint density at radius 1 is 1.47 bits per heavy atom. The summed E-state index contributed by atoms with van der Waals surface area (Å²) in [5.41, 5.74) is 1.32. The summed E-state index contributed by atoms with van der Waals surface area (Å²) in [4.78, 5) is 11.6. The molecule has 0 unspecified atom stereocenters. The van der Waals surface area contributed by atoms with Gasteiger partial charge in [-0.3, -0.25) is 4.79 Å². The summed E-state index contributed by atoms with van der Waals surface area (Å²) in [6, 6.07) is 6.37. The molecular weight excluding hydrogens is 266 g/mol. The molecule has 6 nitrogen and oxygen atoms in total. The number of rotatable bonds is 4. The molecule has 2 rings (SSSR count). The van der Waals surface area contributed by atoms with Crippen molar-refractivity contribution in [3.05, 3.63) is 23.8 Å². The lowest BCUT2D eigenvalue weighted by molar-refractivity contribution is -0.116. The summed E-state index contributed by atoms with van der Waals surface area (Å²) in [5.74, 6) is -0.494. The first-order chi connectivity index (χ1) is 8.95. The third-order valence-corrected chi connectivity index (χ3v) is 4.44. The summed E-state index contributed by atoms with van der Waals surface area (Å²) >= 11 is 0. The van der Waals surface area contributed by atoms with Crippen LogP contribution in [0.1, 0.15) is 24.8 Å². The van der Waals surface area contributed by atoms with Crippen LogP contribution in [0.2, 0.25) is 0 Å². The lowest BCUT2D eigenvalue weighted by atomic mass is 10.0. The molecule has 1 aliphatic rings. The summed E-state index contributed by atoms with van der Waals surface area (Å²) < 4.78 is 26.3. The molecule has 1 heterocycles. The van der Waals surface area contributed by atoms with Gasteiger partial charge in [-0.05, 0) is 30.7 Å². The van der Waals surface area contributed by atoms with Gasteiger partial charge in [0.2, 0.25) is 15.9 Å². The van der Waals surface area contributed by atoms with E-state index in [9.17, 15) is 13.2 Å². The first-order valence-electron chi connectivity index (χ1n) is 5.77. The maximum atomic E-state index is 12.0. The van der Waals surface area contributed by atoms with Crippen LogP contribution in [0.5, 0.6) is 0 Å². The predicted molar refractivity (Wildman–Crippen MR) is 68.9 cm³/mol. The number of hydrogen-bond acceptors (Lipinski definition) is 4. The van der Waals surface area contributed by atoms with Crippen molar-refractivity contribution in [1.29, 1.82) is 5.26 Å². The highest BCUT2D eigenvalue weighted by atomic mass is 32.2. The molecule has 0 saturated carbocycles. The van der Waals surface area contributed by atoms with Gasteiger partial charge in [0.15, 0.2) is 0 Å². The lowest BCUT2D eigenvalue weighted by Crippen LogP contribution is -2.24. The van der Waals surface area contributed by atoms with E-state index in [1.54, 1.807) is 13.0 Å². The smallest absolute Gasteiger partial charge is 0.240 e. The van der Waals surface area contributed by atoms with Gasteiger partial charge in [-0.1, -0.05) is 0 Å². The molecule has 19 heavy (non-hydrogen) atoms. The molecule has 1 atom stereocenters. The van der Waals surface area contributed by atoms with Gasteiger partial charge in [-0.25, -0.2) is 13.1 Å². The van der Waals surface area contributed by atoms with Crippen LogP contribution < -0.4 is 10.0 Å². The Kier molecular flexibility index (Phi) is 3.55. The van der Waals surface area contributed by atoms with E-state index in [1.807, 2.05) is 6.07 Å². The Bertz CT molecular complexity index is 661. The van der Waals surface area contributed by atoms with Crippen LogP contribution in [0.25, 0.3) is 0 Å². The van der Waals surface area contributed by atoms with Crippen molar-refractivity contribution in [1.82, 2.24) is 4.72 Å². The van der Waals surface area contributed by atoms with Crippen molar-refractivity contribution in [2.75, 3.05) is 11.9 Å². The number of nitrogens with zero attached hydrogens (tertiary/aromatic N) is 1. The first-order valence-corrected chi connectivity index (χ1v) is 7.25. The highest BCUT2D eigenvalue weighted by Gasteiger charge is 2.28. The highest BCUT2D eigenvalue weighted by Crippen LogP contribution is 2.33. The third kappa shape index (κ3) is 2.59. The molecule has 0 aliphatic carbocycles. The van der Waals surface area contributed by atoms with Crippen molar-refractivity contribution >= 4 is 21.6 Å². The van der Waals surface area contributed by atoms with Crippen LogP contribution in [0.4, 0.5) is 5.69 Å². The van der Waals surface area contributed by atoms with Crippen molar-refractivity contribution in [3.8, 4) is 6.07 Å². The van der Waals surface area contributed by atoms with E-state index in [1.165, 1.54) is 12.1 Å². The van der Waals surface area contributed by atoms with E-state index >= 15 is 0 Å². The van der Waals surface area contributed by atoms with E-state index in [4.69, 9.17) is 5.26 Å². The lowest BCUT2D eigenvalue weighted by Gasteiger charge is -2.07. The molecule has 1 aromatic rings. The molecule has 1 aromatic carbocycles. The van der Waals surface area contributed by atoms with Gasteiger partial charge in [0.05, 0.1) is 16.9 Å². The van der Waals surface area contributed by atoms with Crippen LogP contribution in [0, 0.1) is 11.3 Å². The Hall–Kier alpha value is -1.91. The number of amides is 1. The number of hydrogen-bond donors (Lipinski definition) is 2. The van der Waals surface area contributed by atoms with Crippen molar-refractivity contribution in [2.24, 2.45) is 0 Å². The monoisotopic (exact) mass is 279 g/mol. The van der Waals surface area contributed by atoms with Crippen LogP contribution in [-0.2, 0) is 14.8 Å². The van der Waals surface area contributed by atoms with E-state index in [2.05, 4.69) is 10.0 Å². The molecule has 0 bridgehead atoms. The van der Waals surface area contributed by atoms with Crippen LogP contribution in [0.15, 0.2) is 23.1 Å². The number of anilines is 1. The van der Waals surface area contributed by atoms with Crippen LogP contribution in [-0.4, -0.2) is 20.9 Å². The Morgan fingerprint density at radius 3 is 2.89 bits per heavy atom. The summed E-state index contributed by atoms with van der Waals surface area (Å²) in [6.45, 7) is 1.79.